The van der Waals surface area contributed by atoms with E-state index in [2.05, 4.69) is 0 Å². The van der Waals surface area contributed by atoms with E-state index in [0.717, 1.165) is 0 Å². The second-order valence-electron chi connectivity index (χ2n) is 3.41. The highest BCUT2D eigenvalue weighted by Crippen LogP contribution is 2.66. The maximum Gasteiger partial charge on any atom is 0.212 e. The minimum absolute atomic E-state index is 0.141. The summed E-state index contributed by atoms with van der Waals surface area (Å²) in [5.74, 6) is 0.141. The first-order chi connectivity index (χ1) is 6.54. The van der Waals surface area contributed by atoms with Gasteiger partial charge in [0.25, 0.3) is 0 Å². The Morgan fingerprint density at radius 3 is 1.79 bits per heavy atom. The first kappa shape index (κ1) is 12.4. The molecule has 4 nitrogen and oxygen atoms in total. The van der Waals surface area contributed by atoms with Crippen LogP contribution in [0.25, 0.3) is 0 Å². The molecule has 1 fully saturated rings. The van der Waals surface area contributed by atoms with Crippen molar-refractivity contribution in [2.24, 2.45) is 0 Å². The van der Waals surface area contributed by atoms with Gasteiger partial charge in [0.1, 0.15) is 5.90 Å². The Labute approximate surface area is 85.3 Å². The molecule has 0 aromatic rings. The lowest BCUT2D eigenvalue weighted by Crippen LogP contribution is -2.12. The van der Waals surface area contributed by atoms with Gasteiger partial charge in [0.05, 0.1) is 13.2 Å². The monoisotopic (exact) mass is 240 g/mol. The van der Waals surface area contributed by atoms with E-state index < -0.39 is 14.7 Å². The molecule has 0 amide bonds. The van der Waals surface area contributed by atoms with Gasteiger partial charge in [-0.15, -0.1) is 0 Å². The van der Waals surface area contributed by atoms with E-state index in [1.165, 1.54) is 0 Å². The summed E-state index contributed by atoms with van der Waals surface area (Å²) in [6.07, 6.45) is 1.80. The summed E-state index contributed by atoms with van der Waals surface area (Å²) in [5, 5.41) is 0. The van der Waals surface area contributed by atoms with Gasteiger partial charge in [0.15, 0.2) is 0 Å². The average molecular weight is 240 g/mol. The Kier molecular flexibility index (Phi) is 4.39. The second kappa shape index (κ2) is 4.94. The lowest BCUT2D eigenvalue weighted by Gasteiger charge is -2.28. The van der Waals surface area contributed by atoms with Crippen molar-refractivity contribution in [3.63, 3.8) is 0 Å². The largest absolute Gasteiger partial charge is 0.328 e. The normalized spacial score (nSPS) is 38.4. The van der Waals surface area contributed by atoms with E-state index in [9.17, 15) is 9.13 Å². The topological polar surface area (TPSA) is 52.6 Å². The summed E-state index contributed by atoms with van der Waals surface area (Å²) < 4.78 is 34.5. The van der Waals surface area contributed by atoms with E-state index in [1.54, 1.807) is 13.8 Å². The van der Waals surface area contributed by atoms with Crippen LogP contribution in [0, 0.1) is 0 Å². The van der Waals surface area contributed by atoms with Crippen LogP contribution >= 0.6 is 14.7 Å². The third-order valence-corrected chi connectivity index (χ3v) is 9.06. The highest BCUT2D eigenvalue weighted by Gasteiger charge is 2.39. The van der Waals surface area contributed by atoms with Crippen LogP contribution in [-0.2, 0) is 18.2 Å². The first-order valence-electron chi connectivity index (χ1n) is 4.99. The van der Waals surface area contributed by atoms with E-state index in [0.29, 0.717) is 32.0 Å². The Bertz CT molecular complexity index is 239. The molecule has 6 heteroatoms. The molecule has 0 radical (unpaired) electrons. The van der Waals surface area contributed by atoms with Gasteiger partial charge in [-0.3, -0.25) is 9.13 Å². The zero-order chi connectivity index (χ0) is 10.7. The fourth-order valence-electron chi connectivity index (χ4n) is 1.70. The molecule has 1 saturated heterocycles. The van der Waals surface area contributed by atoms with Crippen LogP contribution in [0.1, 0.15) is 20.3 Å². The summed E-state index contributed by atoms with van der Waals surface area (Å²) >= 11 is 0. The molecule has 14 heavy (non-hydrogen) atoms. The second-order valence-corrected chi connectivity index (χ2v) is 9.21. The van der Waals surface area contributed by atoms with Crippen LogP contribution in [0.15, 0.2) is 0 Å². The van der Waals surface area contributed by atoms with E-state index >= 15 is 0 Å². The van der Waals surface area contributed by atoms with E-state index in [1.807, 2.05) is 0 Å². The number of hydrogen-bond acceptors (Lipinski definition) is 4. The summed E-state index contributed by atoms with van der Waals surface area (Å²) in [6.45, 7) is 4.45. The highest BCUT2D eigenvalue weighted by molar-refractivity contribution is 7.76. The summed E-state index contributed by atoms with van der Waals surface area (Å²) in [6, 6.07) is 0. The minimum Gasteiger partial charge on any atom is -0.328 e. The van der Waals surface area contributed by atoms with Crippen molar-refractivity contribution in [2.45, 2.75) is 20.3 Å². The van der Waals surface area contributed by atoms with Crippen LogP contribution < -0.4 is 0 Å². The third kappa shape index (κ3) is 3.20. The van der Waals surface area contributed by atoms with Gasteiger partial charge in [0, 0.05) is 12.3 Å². The SMILES string of the molecule is CCO[P@@]1(=O)CCC[P@@](=O)(OCC)C1. The first-order valence-corrected chi connectivity index (χ1v) is 8.98. The van der Waals surface area contributed by atoms with Crippen molar-refractivity contribution in [1.29, 1.82) is 0 Å². The van der Waals surface area contributed by atoms with Crippen molar-refractivity contribution in [3.05, 3.63) is 0 Å². The predicted molar refractivity (Wildman–Crippen MR) is 57.7 cm³/mol. The highest BCUT2D eigenvalue weighted by atomic mass is 31.2. The fourth-order valence-corrected chi connectivity index (χ4v) is 8.84. The molecule has 84 valence electrons. The molecule has 0 aliphatic carbocycles. The van der Waals surface area contributed by atoms with Gasteiger partial charge in [-0.05, 0) is 20.3 Å². The average Bonchev–Trinajstić information content (AvgIpc) is 2.02. The van der Waals surface area contributed by atoms with Gasteiger partial charge < -0.3 is 9.05 Å². The zero-order valence-electron chi connectivity index (χ0n) is 8.77. The molecule has 1 rings (SSSR count). The molecular weight excluding hydrogens is 222 g/mol. The van der Waals surface area contributed by atoms with E-state index in [4.69, 9.17) is 9.05 Å². The molecule has 0 N–H and O–H groups in total. The fraction of sp³-hybridized carbons (Fsp3) is 1.00. The molecular formula is C8H18O4P2. The molecule has 0 saturated carbocycles. The summed E-state index contributed by atoms with van der Waals surface area (Å²) in [5.41, 5.74) is 0. The maximum atomic E-state index is 12.0. The molecule has 1 aliphatic rings. The molecule has 1 aliphatic heterocycles. The van der Waals surface area contributed by atoms with Crippen molar-refractivity contribution in [3.8, 4) is 0 Å². The molecule has 2 atom stereocenters. The Hall–Kier alpha value is 0.380. The summed E-state index contributed by atoms with van der Waals surface area (Å²) in [4.78, 5) is 0. The number of rotatable bonds is 4. The molecule has 0 aromatic carbocycles. The van der Waals surface area contributed by atoms with Gasteiger partial charge in [0.2, 0.25) is 14.7 Å². The van der Waals surface area contributed by atoms with Gasteiger partial charge in [-0.2, -0.15) is 0 Å². The minimum atomic E-state index is -2.65. The zero-order valence-corrected chi connectivity index (χ0v) is 10.6. The Balaban J connectivity index is 2.68. The van der Waals surface area contributed by atoms with Crippen molar-refractivity contribution < 1.29 is 18.2 Å². The predicted octanol–water partition coefficient (Wildman–Crippen LogP) is 2.98. The van der Waals surface area contributed by atoms with Crippen molar-refractivity contribution in [2.75, 3.05) is 31.4 Å². The maximum absolute atomic E-state index is 12.0. The molecule has 1 heterocycles. The summed E-state index contributed by atoms with van der Waals surface area (Å²) in [7, 11) is -5.31. The third-order valence-electron chi connectivity index (χ3n) is 2.16. The smallest absolute Gasteiger partial charge is 0.212 e. The molecule has 0 bridgehead atoms. The lowest BCUT2D eigenvalue weighted by molar-refractivity contribution is 0.317. The Morgan fingerprint density at radius 2 is 1.43 bits per heavy atom. The van der Waals surface area contributed by atoms with Gasteiger partial charge in [-0.1, -0.05) is 0 Å². The van der Waals surface area contributed by atoms with Gasteiger partial charge in [-0.25, -0.2) is 0 Å². The quantitative estimate of drug-likeness (QED) is 0.709. The van der Waals surface area contributed by atoms with Crippen LogP contribution in [0.4, 0.5) is 0 Å². The lowest BCUT2D eigenvalue weighted by atomic mass is 10.6. The van der Waals surface area contributed by atoms with Gasteiger partial charge >= 0.3 is 0 Å². The molecule has 0 spiro atoms. The molecule has 0 aromatic heterocycles. The van der Waals surface area contributed by atoms with E-state index in [-0.39, 0.29) is 5.90 Å². The number of hydrogen-bond donors (Lipinski definition) is 0. The van der Waals surface area contributed by atoms with Crippen molar-refractivity contribution >= 4 is 14.7 Å². The standard InChI is InChI=1S/C8H18O4P2/c1-3-11-13(9)6-5-7-14(10,8-13)12-4-2/h3-8H2,1-2H3/t13-,14+. The van der Waals surface area contributed by atoms with Crippen LogP contribution in [0.2, 0.25) is 0 Å². The molecule has 0 unspecified atom stereocenters. The van der Waals surface area contributed by atoms with Crippen LogP contribution in [-0.4, -0.2) is 31.4 Å². The van der Waals surface area contributed by atoms with Crippen LogP contribution in [0.3, 0.4) is 0 Å². The Morgan fingerprint density at radius 1 is 1.00 bits per heavy atom. The van der Waals surface area contributed by atoms with Crippen molar-refractivity contribution in [1.82, 2.24) is 0 Å². The van der Waals surface area contributed by atoms with Crippen LogP contribution in [0.5, 0.6) is 0 Å².